The van der Waals surface area contributed by atoms with Gasteiger partial charge in [-0.1, -0.05) is 0 Å². The zero-order valence-electron chi connectivity index (χ0n) is 11.8. The summed E-state index contributed by atoms with van der Waals surface area (Å²) in [6.45, 7) is 3.27. The molecule has 1 aliphatic heterocycles. The van der Waals surface area contributed by atoms with Crippen molar-refractivity contribution in [1.29, 1.82) is 0 Å². The number of aromatic nitrogens is 4. The Labute approximate surface area is 121 Å². The summed E-state index contributed by atoms with van der Waals surface area (Å²) < 4.78 is 1.23. The molecular weight excluding hydrogens is 272 g/mol. The first kappa shape index (κ1) is 14.0. The van der Waals surface area contributed by atoms with Crippen LogP contribution in [0.2, 0.25) is 0 Å². The fraction of sp³-hybridized carbons (Fsp3) is 0.615. The van der Waals surface area contributed by atoms with Crippen LogP contribution in [0.5, 0.6) is 0 Å². The molecule has 1 aliphatic rings. The molecule has 0 radical (unpaired) electrons. The van der Waals surface area contributed by atoms with Crippen molar-refractivity contribution in [2.45, 2.75) is 31.8 Å². The monoisotopic (exact) mass is 292 g/mol. The maximum absolute atomic E-state index is 12.2. The molecule has 0 saturated carbocycles. The van der Waals surface area contributed by atoms with E-state index in [-0.39, 0.29) is 5.56 Å². The number of H-pyrrole nitrogens is 2. The Bertz CT molecular complexity index is 722. The van der Waals surface area contributed by atoms with E-state index in [1.165, 1.54) is 10.9 Å². The predicted molar refractivity (Wildman–Crippen MR) is 79.2 cm³/mol. The maximum Gasteiger partial charge on any atom is 0.330 e. The molecular formula is C13H20N6O2. The Morgan fingerprint density at radius 2 is 2.05 bits per heavy atom. The first-order valence-corrected chi connectivity index (χ1v) is 7.29. The lowest BCUT2D eigenvalue weighted by molar-refractivity contribution is 0.207. The van der Waals surface area contributed by atoms with Gasteiger partial charge in [0.15, 0.2) is 5.65 Å². The van der Waals surface area contributed by atoms with Crippen molar-refractivity contribution >= 4 is 11.2 Å². The van der Waals surface area contributed by atoms with Crippen LogP contribution in [0.3, 0.4) is 0 Å². The highest BCUT2D eigenvalue weighted by Crippen LogP contribution is 2.08. The number of imidazole rings is 1. The zero-order valence-corrected chi connectivity index (χ0v) is 11.8. The fourth-order valence-corrected chi connectivity index (χ4v) is 2.78. The van der Waals surface area contributed by atoms with Gasteiger partial charge in [-0.15, -0.1) is 0 Å². The number of rotatable bonds is 4. The number of hydrogen-bond acceptors (Lipinski definition) is 5. The van der Waals surface area contributed by atoms with Crippen molar-refractivity contribution in [2.24, 2.45) is 5.73 Å². The van der Waals surface area contributed by atoms with Crippen LogP contribution in [-0.2, 0) is 6.54 Å². The lowest BCUT2D eigenvalue weighted by Crippen LogP contribution is -2.41. The van der Waals surface area contributed by atoms with Gasteiger partial charge in [0.1, 0.15) is 5.52 Å². The highest BCUT2D eigenvalue weighted by Gasteiger charge is 2.16. The second-order valence-corrected chi connectivity index (χ2v) is 5.55. The van der Waals surface area contributed by atoms with Crippen molar-refractivity contribution < 1.29 is 0 Å². The van der Waals surface area contributed by atoms with Crippen LogP contribution < -0.4 is 17.0 Å². The second kappa shape index (κ2) is 5.82. The van der Waals surface area contributed by atoms with E-state index >= 15 is 0 Å². The van der Waals surface area contributed by atoms with Crippen molar-refractivity contribution in [3.63, 3.8) is 0 Å². The summed E-state index contributed by atoms with van der Waals surface area (Å²) in [7, 11) is 0. The number of aromatic amines is 2. The first-order chi connectivity index (χ1) is 10.1. The molecule has 0 bridgehead atoms. The van der Waals surface area contributed by atoms with Crippen LogP contribution >= 0.6 is 0 Å². The summed E-state index contributed by atoms with van der Waals surface area (Å²) in [5.41, 5.74) is 5.81. The molecule has 0 unspecified atom stereocenters. The van der Waals surface area contributed by atoms with Crippen LogP contribution in [0.4, 0.5) is 0 Å². The topological polar surface area (TPSA) is 113 Å². The second-order valence-electron chi connectivity index (χ2n) is 5.55. The van der Waals surface area contributed by atoms with Crippen molar-refractivity contribution in [2.75, 3.05) is 19.6 Å². The zero-order chi connectivity index (χ0) is 14.8. The average Bonchev–Trinajstić information content (AvgIpc) is 2.93. The van der Waals surface area contributed by atoms with E-state index in [4.69, 9.17) is 5.73 Å². The number of hydrogen-bond donors (Lipinski definition) is 3. The number of piperidine rings is 1. The summed E-state index contributed by atoms with van der Waals surface area (Å²) in [6, 6.07) is 0.314. The molecule has 0 spiro atoms. The van der Waals surface area contributed by atoms with Crippen LogP contribution in [0.1, 0.15) is 19.3 Å². The molecule has 8 heteroatoms. The van der Waals surface area contributed by atoms with Gasteiger partial charge in [-0.3, -0.25) is 14.3 Å². The first-order valence-electron chi connectivity index (χ1n) is 7.29. The molecule has 21 heavy (non-hydrogen) atoms. The molecule has 1 fully saturated rings. The van der Waals surface area contributed by atoms with Gasteiger partial charge in [0.05, 0.1) is 6.33 Å². The van der Waals surface area contributed by atoms with Gasteiger partial charge in [0.25, 0.3) is 5.56 Å². The van der Waals surface area contributed by atoms with Gasteiger partial charge in [0.2, 0.25) is 0 Å². The molecule has 0 aliphatic carbocycles. The van der Waals surface area contributed by atoms with Crippen molar-refractivity contribution in [3.05, 3.63) is 27.2 Å². The van der Waals surface area contributed by atoms with Crippen LogP contribution in [0, 0.1) is 0 Å². The van der Waals surface area contributed by atoms with Crippen molar-refractivity contribution in [1.82, 2.24) is 24.4 Å². The molecule has 2 aromatic rings. The predicted octanol–water partition coefficient (Wildman–Crippen LogP) is -0.774. The molecule has 0 atom stereocenters. The lowest BCUT2D eigenvalue weighted by atomic mass is 10.1. The number of nitrogens with two attached hydrogens (primary N) is 1. The summed E-state index contributed by atoms with van der Waals surface area (Å²) >= 11 is 0. The van der Waals surface area contributed by atoms with Crippen molar-refractivity contribution in [3.8, 4) is 0 Å². The lowest BCUT2D eigenvalue weighted by Gasteiger charge is -2.29. The van der Waals surface area contributed by atoms with E-state index in [0.717, 1.165) is 38.9 Å². The number of nitrogens with one attached hydrogen (secondary N) is 2. The number of fused-ring (bicyclic) bond motifs is 1. The highest BCUT2D eigenvalue weighted by molar-refractivity contribution is 5.67. The summed E-state index contributed by atoms with van der Waals surface area (Å²) in [4.78, 5) is 35.7. The van der Waals surface area contributed by atoms with Crippen LogP contribution in [0.15, 0.2) is 15.9 Å². The molecule has 3 heterocycles. The van der Waals surface area contributed by atoms with Gasteiger partial charge in [-0.2, -0.15) is 0 Å². The smallest absolute Gasteiger partial charge is 0.330 e. The summed E-state index contributed by atoms with van der Waals surface area (Å²) in [5, 5.41) is 0. The molecule has 8 nitrogen and oxygen atoms in total. The quantitative estimate of drug-likeness (QED) is 0.684. The molecule has 114 valence electrons. The highest BCUT2D eigenvalue weighted by atomic mass is 16.2. The van der Waals surface area contributed by atoms with E-state index in [2.05, 4.69) is 19.9 Å². The van der Waals surface area contributed by atoms with Gasteiger partial charge in [-0.05, 0) is 38.9 Å². The standard InChI is InChI=1S/C13H20N6O2/c14-9-2-6-18(7-3-9)4-1-5-19-12(20)10-11(16-8-15-10)17-13(19)21/h8-9H,1-7,14H2,(H,15,16)(H,17,21). The molecule has 0 amide bonds. The van der Waals surface area contributed by atoms with Gasteiger partial charge in [-0.25, -0.2) is 9.78 Å². The molecule has 4 N–H and O–H groups in total. The van der Waals surface area contributed by atoms with E-state index in [1.54, 1.807) is 0 Å². The molecule has 0 aromatic carbocycles. The third-order valence-electron chi connectivity index (χ3n) is 4.06. The minimum atomic E-state index is -0.403. The summed E-state index contributed by atoms with van der Waals surface area (Å²) in [6.07, 6.45) is 4.20. The minimum absolute atomic E-state index is 0.311. The third kappa shape index (κ3) is 2.91. The van der Waals surface area contributed by atoms with Gasteiger partial charge < -0.3 is 15.6 Å². The molecule has 2 aromatic heterocycles. The Kier molecular flexibility index (Phi) is 3.89. The maximum atomic E-state index is 12.2. The fourth-order valence-electron chi connectivity index (χ4n) is 2.78. The Morgan fingerprint density at radius 1 is 1.29 bits per heavy atom. The normalized spacial score (nSPS) is 17.6. The van der Waals surface area contributed by atoms with Gasteiger partial charge in [0, 0.05) is 12.6 Å². The number of likely N-dealkylation sites (tertiary alicyclic amines) is 1. The van der Waals surface area contributed by atoms with E-state index in [0.29, 0.717) is 23.8 Å². The number of nitrogens with zero attached hydrogens (tertiary/aromatic N) is 3. The average molecular weight is 292 g/mol. The SMILES string of the molecule is NC1CCN(CCCn2c(=O)[nH]c3nc[nH]c3c2=O)CC1. The van der Waals surface area contributed by atoms with Crippen LogP contribution in [-0.4, -0.2) is 50.1 Å². The summed E-state index contributed by atoms with van der Waals surface area (Å²) in [5.74, 6) is 0. The van der Waals surface area contributed by atoms with Crippen LogP contribution in [0.25, 0.3) is 11.2 Å². The van der Waals surface area contributed by atoms with E-state index in [1.807, 2.05) is 0 Å². The largest absolute Gasteiger partial charge is 0.339 e. The third-order valence-corrected chi connectivity index (χ3v) is 4.06. The minimum Gasteiger partial charge on any atom is -0.339 e. The molecule has 3 rings (SSSR count). The Morgan fingerprint density at radius 3 is 2.81 bits per heavy atom. The van der Waals surface area contributed by atoms with Gasteiger partial charge >= 0.3 is 5.69 Å². The Hall–Kier alpha value is -1.93. The van der Waals surface area contributed by atoms with E-state index < -0.39 is 5.69 Å². The van der Waals surface area contributed by atoms with E-state index in [9.17, 15) is 9.59 Å². The Balaban J connectivity index is 1.65. The molecule has 1 saturated heterocycles.